The Balaban J connectivity index is 2.28. The van der Waals surface area contributed by atoms with E-state index in [-0.39, 0.29) is 5.54 Å². The van der Waals surface area contributed by atoms with Crippen LogP contribution in [-0.2, 0) is 11.3 Å². The summed E-state index contributed by atoms with van der Waals surface area (Å²) in [7, 11) is 0. The summed E-state index contributed by atoms with van der Waals surface area (Å²) in [6.45, 7) is 10.9. The smallest absolute Gasteiger partial charge is 0.294 e. The van der Waals surface area contributed by atoms with E-state index in [0.717, 1.165) is 11.6 Å². The molecule has 0 fully saturated rings. The van der Waals surface area contributed by atoms with E-state index in [1.165, 1.54) is 11.3 Å². The molecule has 0 amide bonds. The van der Waals surface area contributed by atoms with Gasteiger partial charge >= 0.3 is 0 Å². The molecule has 1 aromatic heterocycles. The van der Waals surface area contributed by atoms with Crippen LogP contribution in [0.2, 0.25) is 0 Å². The fourth-order valence-corrected chi connectivity index (χ4v) is 1.69. The lowest BCUT2D eigenvalue weighted by Crippen LogP contribution is -2.35. The second-order valence-electron chi connectivity index (χ2n) is 4.61. The molecule has 6 heteroatoms. The average molecular weight is 259 g/mol. The highest BCUT2D eigenvalue weighted by Crippen LogP contribution is 2.18. The maximum absolute atomic E-state index is 5.41. The normalized spacial score (nSPS) is 11.8. The van der Waals surface area contributed by atoms with Crippen molar-refractivity contribution in [3.63, 3.8) is 0 Å². The summed E-state index contributed by atoms with van der Waals surface area (Å²) >= 11 is 1.47. The summed E-state index contributed by atoms with van der Waals surface area (Å²) in [5, 5.41) is 12.9. The van der Waals surface area contributed by atoms with Crippen LogP contribution in [0.5, 0.6) is 5.19 Å². The molecule has 5 nitrogen and oxygen atoms in total. The maximum atomic E-state index is 5.41. The van der Waals surface area contributed by atoms with E-state index in [2.05, 4.69) is 36.3 Å². The van der Waals surface area contributed by atoms with Crippen LogP contribution in [0.1, 0.15) is 32.7 Å². The van der Waals surface area contributed by atoms with Crippen LogP contribution in [0.3, 0.4) is 0 Å². The highest BCUT2D eigenvalue weighted by molar-refractivity contribution is 7.13. The van der Waals surface area contributed by atoms with Crippen molar-refractivity contribution >= 4 is 11.3 Å². The van der Waals surface area contributed by atoms with Crippen molar-refractivity contribution < 1.29 is 9.47 Å². The molecule has 1 rings (SSSR count). The highest BCUT2D eigenvalue weighted by atomic mass is 32.1. The molecule has 0 atom stereocenters. The van der Waals surface area contributed by atoms with E-state index in [0.29, 0.717) is 25.0 Å². The first kappa shape index (κ1) is 14.3. The van der Waals surface area contributed by atoms with Crippen molar-refractivity contribution in [1.82, 2.24) is 15.5 Å². The molecule has 0 saturated carbocycles. The fourth-order valence-electron chi connectivity index (χ4n) is 1.04. The quantitative estimate of drug-likeness (QED) is 0.757. The van der Waals surface area contributed by atoms with Crippen molar-refractivity contribution in [2.75, 3.05) is 19.8 Å². The van der Waals surface area contributed by atoms with Crippen LogP contribution in [0.15, 0.2) is 0 Å². The molecule has 1 heterocycles. The molecule has 0 unspecified atom stereocenters. The largest absolute Gasteiger partial charge is 0.466 e. The Bertz CT molecular complexity index is 323. The predicted molar refractivity (Wildman–Crippen MR) is 68.5 cm³/mol. The van der Waals surface area contributed by atoms with Gasteiger partial charge in [0, 0.05) is 12.1 Å². The van der Waals surface area contributed by atoms with Gasteiger partial charge in [-0.2, -0.15) is 0 Å². The van der Waals surface area contributed by atoms with Gasteiger partial charge in [-0.25, -0.2) is 0 Å². The lowest BCUT2D eigenvalue weighted by molar-refractivity contribution is 0.110. The molecule has 0 saturated heterocycles. The molecule has 0 aliphatic carbocycles. The number of hydrogen-bond donors (Lipinski definition) is 1. The van der Waals surface area contributed by atoms with Gasteiger partial charge in [0.2, 0.25) is 0 Å². The number of nitrogens with zero attached hydrogens (tertiary/aromatic N) is 2. The second kappa shape index (κ2) is 6.88. The first-order chi connectivity index (χ1) is 8.01. The van der Waals surface area contributed by atoms with Crippen LogP contribution >= 0.6 is 11.3 Å². The highest BCUT2D eigenvalue weighted by Gasteiger charge is 2.11. The molecule has 0 radical (unpaired) electrons. The molecule has 17 heavy (non-hydrogen) atoms. The van der Waals surface area contributed by atoms with Gasteiger partial charge < -0.3 is 14.8 Å². The van der Waals surface area contributed by atoms with Crippen molar-refractivity contribution in [3.8, 4) is 5.19 Å². The molecule has 1 aromatic rings. The Morgan fingerprint density at radius 1 is 1.24 bits per heavy atom. The van der Waals surface area contributed by atoms with E-state index in [1.807, 2.05) is 6.92 Å². The Labute approximate surface area is 107 Å². The molecule has 0 spiro atoms. The van der Waals surface area contributed by atoms with Gasteiger partial charge in [-0.1, -0.05) is 11.3 Å². The fraction of sp³-hybridized carbons (Fsp3) is 0.818. The van der Waals surface area contributed by atoms with E-state index < -0.39 is 0 Å². The van der Waals surface area contributed by atoms with E-state index in [4.69, 9.17) is 9.47 Å². The van der Waals surface area contributed by atoms with Crippen LogP contribution in [0, 0.1) is 0 Å². The van der Waals surface area contributed by atoms with Crippen molar-refractivity contribution in [1.29, 1.82) is 0 Å². The van der Waals surface area contributed by atoms with E-state index in [1.54, 1.807) is 0 Å². The SMILES string of the molecule is CCOCCOc1nnc(CNC(C)(C)C)s1. The molecule has 0 bridgehead atoms. The third-order valence-corrected chi connectivity index (χ3v) is 2.71. The maximum Gasteiger partial charge on any atom is 0.294 e. The number of hydrogen-bond acceptors (Lipinski definition) is 6. The molecule has 98 valence electrons. The van der Waals surface area contributed by atoms with Gasteiger partial charge in [-0.3, -0.25) is 0 Å². The first-order valence-electron chi connectivity index (χ1n) is 5.79. The number of ether oxygens (including phenoxy) is 2. The predicted octanol–water partition coefficient (Wildman–Crippen LogP) is 1.84. The third kappa shape index (κ3) is 6.55. The van der Waals surface area contributed by atoms with Crippen molar-refractivity contribution in [3.05, 3.63) is 5.01 Å². The lowest BCUT2D eigenvalue weighted by Gasteiger charge is -2.19. The van der Waals surface area contributed by atoms with E-state index >= 15 is 0 Å². The molecule has 0 aromatic carbocycles. The first-order valence-corrected chi connectivity index (χ1v) is 6.61. The van der Waals surface area contributed by atoms with Crippen LogP contribution in [0.4, 0.5) is 0 Å². The molecule has 1 N–H and O–H groups in total. The van der Waals surface area contributed by atoms with Gasteiger partial charge in [0.25, 0.3) is 5.19 Å². The Hall–Kier alpha value is -0.720. The Morgan fingerprint density at radius 2 is 2.00 bits per heavy atom. The molecular weight excluding hydrogens is 238 g/mol. The van der Waals surface area contributed by atoms with Crippen LogP contribution in [-0.4, -0.2) is 35.6 Å². The van der Waals surface area contributed by atoms with Crippen molar-refractivity contribution in [2.24, 2.45) is 0 Å². The zero-order valence-electron chi connectivity index (χ0n) is 10.9. The summed E-state index contributed by atoms with van der Waals surface area (Å²) in [5.74, 6) is 0. The topological polar surface area (TPSA) is 56.3 Å². The standard InChI is InChI=1S/C11H21N3O2S/c1-5-15-6-7-16-10-14-13-9(17-10)8-12-11(2,3)4/h12H,5-8H2,1-4H3. The van der Waals surface area contributed by atoms with Gasteiger partial charge in [0.1, 0.15) is 11.6 Å². The lowest BCUT2D eigenvalue weighted by atomic mass is 10.1. The molecule has 0 aliphatic rings. The summed E-state index contributed by atoms with van der Waals surface area (Å²) in [4.78, 5) is 0. The summed E-state index contributed by atoms with van der Waals surface area (Å²) in [5.41, 5.74) is 0.0850. The summed E-state index contributed by atoms with van der Waals surface area (Å²) in [6, 6.07) is 0. The number of aromatic nitrogens is 2. The van der Waals surface area contributed by atoms with Gasteiger partial charge in [0.05, 0.1) is 13.2 Å². The Morgan fingerprint density at radius 3 is 2.65 bits per heavy atom. The zero-order valence-corrected chi connectivity index (χ0v) is 11.8. The zero-order chi connectivity index (χ0) is 12.7. The minimum Gasteiger partial charge on any atom is -0.466 e. The molecule has 0 aliphatic heterocycles. The van der Waals surface area contributed by atoms with Gasteiger partial charge in [-0.05, 0) is 27.7 Å². The van der Waals surface area contributed by atoms with Crippen LogP contribution < -0.4 is 10.1 Å². The minimum atomic E-state index is 0.0850. The number of nitrogens with one attached hydrogen (secondary N) is 1. The molecular formula is C11H21N3O2S. The van der Waals surface area contributed by atoms with Crippen molar-refractivity contribution in [2.45, 2.75) is 39.8 Å². The summed E-state index contributed by atoms with van der Waals surface area (Å²) < 4.78 is 10.6. The number of rotatable bonds is 7. The van der Waals surface area contributed by atoms with Crippen LogP contribution in [0.25, 0.3) is 0 Å². The second-order valence-corrected chi connectivity index (χ2v) is 5.64. The van der Waals surface area contributed by atoms with Gasteiger partial charge in [-0.15, -0.1) is 10.2 Å². The monoisotopic (exact) mass is 259 g/mol. The average Bonchev–Trinajstić information content (AvgIpc) is 2.69. The van der Waals surface area contributed by atoms with E-state index in [9.17, 15) is 0 Å². The van der Waals surface area contributed by atoms with Gasteiger partial charge in [0.15, 0.2) is 0 Å². The third-order valence-electron chi connectivity index (χ3n) is 1.88. The summed E-state index contributed by atoms with van der Waals surface area (Å²) in [6.07, 6.45) is 0. The minimum absolute atomic E-state index is 0.0850. The Kier molecular flexibility index (Phi) is 5.80.